The van der Waals surface area contributed by atoms with Gasteiger partial charge in [-0.2, -0.15) is 0 Å². The van der Waals surface area contributed by atoms with Crippen molar-refractivity contribution in [3.63, 3.8) is 0 Å². The topological polar surface area (TPSA) is 57.5 Å². The molecule has 0 atom stereocenters. The molecule has 0 saturated carbocycles. The maximum Gasteiger partial charge on any atom is 0.330 e. The minimum Gasteiger partial charge on any atom is -0.478 e. The van der Waals surface area contributed by atoms with Gasteiger partial charge in [0, 0.05) is 12.2 Å². The number of carbonyl (C=O) groups is 1. The molecule has 0 aromatic heterocycles. The van der Waals surface area contributed by atoms with E-state index in [4.69, 9.17) is 10.2 Å². The molecule has 3 heteroatoms. The molecule has 0 rings (SSSR count). The summed E-state index contributed by atoms with van der Waals surface area (Å²) in [5.74, 6) is -0.838. The summed E-state index contributed by atoms with van der Waals surface area (Å²) in [4.78, 5) is 10.4. The van der Waals surface area contributed by atoms with E-state index >= 15 is 0 Å². The maximum atomic E-state index is 10.4. The summed E-state index contributed by atoms with van der Waals surface area (Å²) in [6, 6.07) is 0. The Balaban J connectivity index is 3.34. The highest BCUT2D eigenvalue weighted by molar-refractivity contribution is 5.85. The summed E-state index contributed by atoms with van der Waals surface area (Å²) < 4.78 is 0. The standard InChI is InChI=1S/C10H18O3/c1-9(10(12)13)7-5-3-2-4-6-8-11/h7,11H,2-6,8H2,1H3,(H,12,13). The first kappa shape index (κ1) is 12.2. The minimum absolute atomic E-state index is 0.254. The van der Waals surface area contributed by atoms with Crippen LogP contribution in [0.4, 0.5) is 0 Å². The van der Waals surface area contributed by atoms with Crippen molar-refractivity contribution >= 4 is 5.97 Å². The van der Waals surface area contributed by atoms with Gasteiger partial charge in [0.1, 0.15) is 0 Å². The zero-order chi connectivity index (χ0) is 10.1. The SMILES string of the molecule is CC(=CCCCCCCO)C(=O)O. The summed E-state index contributed by atoms with van der Waals surface area (Å²) >= 11 is 0. The Kier molecular flexibility index (Phi) is 7.30. The van der Waals surface area contributed by atoms with Gasteiger partial charge in [-0.15, -0.1) is 0 Å². The lowest BCUT2D eigenvalue weighted by Crippen LogP contribution is -1.95. The second-order valence-electron chi connectivity index (χ2n) is 3.12. The van der Waals surface area contributed by atoms with Crippen molar-refractivity contribution in [2.45, 2.75) is 39.0 Å². The lowest BCUT2D eigenvalue weighted by molar-refractivity contribution is -0.132. The normalized spacial score (nSPS) is 11.7. The first-order chi connectivity index (χ1) is 6.18. The van der Waals surface area contributed by atoms with Crippen LogP contribution in [0.5, 0.6) is 0 Å². The third-order valence-corrected chi connectivity index (χ3v) is 1.90. The predicted octanol–water partition coefficient (Wildman–Crippen LogP) is 1.96. The number of hydrogen-bond donors (Lipinski definition) is 2. The van der Waals surface area contributed by atoms with Crippen LogP contribution >= 0.6 is 0 Å². The van der Waals surface area contributed by atoms with Gasteiger partial charge in [-0.05, 0) is 26.2 Å². The Labute approximate surface area is 79.1 Å². The molecule has 0 aliphatic heterocycles. The van der Waals surface area contributed by atoms with Gasteiger partial charge in [0.2, 0.25) is 0 Å². The van der Waals surface area contributed by atoms with Crippen LogP contribution in [-0.2, 0) is 4.79 Å². The molecule has 0 radical (unpaired) electrons. The van der Waals surface area contributed by atoms with Crippen LogP contribution in [0.2, 0.25) is 0 Å². The Bertz CT molecular complexity index is 173. The quantitative estimate of drug-likeness (QED) is 0.472. The summed E-state index contributed by atoms with van der Waals surface area (Å²) in [6.07, 6.45) is 6.51. The number of carboxylic acids is 1. The van der Waals surface area contributed by atoms with E-state index in [0.29, 0.717) is 5.57 Å². The fourth-order valence-electron chi connectivity index (χ4n) is 1.02. The fraction of sp³-hybridized carbons (Fsp3) is 0.700. The molecule has 0 aromatic rings. The minimum atomic E-state index is -0.838. The van der Waals surface area contributed by atoms with Crippen molar-refractivity contribution in [3.8, 4) is 0 Å². The van der Waals surface area contributed by atoms with Crippen LogP contribution < -0.4 is 0 Å². The second-order valence-corrected chi connectivity index (χ2v) is 3.12. The first-order valence-electron chi connectivity index (χ1n) is 4.69. The van der Waals surface area contributed by atoms with E-state index in [2.05, 4.69) is 0 Å². The molecule has 2 N–H and O–H groups in total. The second kappa shape index (κ2) is 7.80. The Hall–Kier alpha value is -0.830. The lowest BCUT2D eigenvalue weighted by Gasteiger charge is -1.96. The average molecular weight is 186 g/mol. The molecule has 0 unspecified atom stereocenters. The number of allylic oxidation sites excluding steroid dienone is 1. The van der Waals surface area contributed by atoms with Crippen molar-refractivity contribution in [2.75, 3.05) is 6.61 Å². The highest BCUT2D eigenvalue weighted by Gasteiger charge is 1.97. The van der Waals surface area contributed by atoms with Crippen LogP contribution in [0.1, 0.15) is 39.0 Å². The Morgan fingerprint density at radius 2 is 1.85 bits per heavy atom. The van der Waals surface area contributed by atoms with E-state index in [9.17, 15) is 4.79 Å². The fourth-order valence-corrected chi connectivity index (χ4v) is 1.02. The molecular formula is C10H18O3. The van der Waals surface area contributed by atoms with Crippen molar-refractivity contribution in [1.29, 1.82) is 0 Å². The molecule has 0 saturated heterocycles. The number of rotatable bonds is 7. The number of carboxylic acid groups (broad SMARTS) is 1. The van der Waals surface area contributed by atoms with Gasteiger partial charge in [-0.3, -0.25) is 0 Å². The maximum absolute atomic E-state index is 10.4. The third-order valence-electron chi connectivity index (χ3n) is 1.90. The van der Waals surface area contributed by atoms with Gasteiger partial charge in [-0.25, -0.2) is 4.79 Å². The number of unbranched alkanes of at least 4 members (excludes halogenated alkanes) is 4. The summed E-state index contributed by atoms with van der Waals surface area (Å²) in [7, 11) is 0. The van der Waals surface area contributed by atoms with E-state index in [1.54, 1.807) is 13.0 Å². The highest BCUT2D eigenvalue weighted by atomic mass is 16.4. The molecule has 76 valence electrons. The monoisotopic (exact) mass is 186 g/mol. The van der Waals surface area contributed by atoms with Crippen molar-refractivity contribution in [1.82, 2.24) is 0 Å². The molecule has 0 heterocycles. The van der Waals surface area contributed by atoms with E-state index in [1.807, 2.05) is 0 Å². The predicted molar refractivity (Wildman–Crippen MR) is 51.6 cm³/mol. The molecule has 0 fully saturated rings. The van der Waals surface area contributed by atoms with Gasteiger partial charge < -0.3 is 10.2 Å². The highest BCUT2D eigenvalue weighted by Crippen LogP contribution is 2.05. The smallest absolute Gasteiger partial charge is 0.330 e. The number of aliphatic hydroxyl groups is 1. The molecule has 0 bridgehead atoms. The van der Waals surface area contributed by atoms with E-state index in [-0.39, 0.29) is 6.61 Å². The zero-order valence-electron chi connectivity index (χ0n) is 8.12. The third kappa shape index (κ3) is 7.53. The van der Waals surface area contributed by atoms with Gasteiger partial charge in [0.05, 0.1) is 0 Å². The van der Waals surface area contributed by atoms with E-state index < -0.39 is 5.97 Å². The first-order valence-corrected chi connectivity index (χ1v) is 4.69. The average Bonchev–Trinajstić information content (AvgIpc) is 2.10. The molecule has 13 heavy (non-hydrogen) atoms. The van der Waals surface area contributed by atoms with Crippen LogP contribution in [0.25, 0.3) is 0 Å². The van der Waals surface area contributed by atoms with Crippen LogP contribution in [0.15, 0.2) is 11.6 Å². The largest absolute Gasteiger partial charge is 0.478 e. The zero-order valence-corrected chi connectivity index (χ0v) is 8.12. The lowest BCUT2D eigenvalue weighted by atomic mass is 10.1. The van der Waals surface area contributed by atoms with Gasteiger partial charge in [-0.1, -0.05) is 18.9 Å². The summed E-state index contributed by atoms with van der Waals surface area (Å²) in [5, 5.41) is 17.0. The molecule has 0 aromatic carbocycles. The van der Waals surface area contributed by atoms with Crippen molar-refractivity contribution in [2.24, 2.45) is 0 Å². The number of aliphatic hydroxyl groups excluding tert-OH is 1. The van der Waals surface area contributed by atoms with Gasteiger partial charge in [0.15, 0.2) is 0 Å². The van der Waals surface area contributed by atoms with Crippen LogP contribution in [-0.4, -0.2) is 22.8 Å². The van der Waals surface area contributed by atoms with Crippen molar-refractivity contribution < 1.29 is 15.0 Å². The Morgan fingerprint density at radius 1 is 1.23 bits per heavy atom. The molecule has 0 aliphatic carbocycles. The van der Waals surface area contributed by atoms with Gasteiger partial charge >= 0.3 is 5.97 Å². The van der Waals surface area contributed by atoms with Gasteiger partial charge in [0.25, 0.3) is 0 Å². The summed E-state index contributed by atoms with van der Waals surface area (Å²) in [5.41, 5.74) is 0.419. The molecule has 3 nitrogen and oxygen atoms in total. The van der Waals surface area contributed by atoms with E-state index in [0.717, 1.165) is 32.1 Å². The number of aliphatic carboxylic acids is 1. The molecular weight excluding hydrogens is 168 g/mol. The molecule has 0 amide bonds. The molecule has 0 spiro atoms. The Morgan fingerprint density at radius 3 is 2.38 bits per heavy atom. The summed E-state index contributed by atoms with van der Waals surface area (Å²) in [6.45, 7) is 1.86. The molecule has 0 aliphatic rings. The van der Waals surface area contributed by atoms with Crippen LogP contribution in [0.3, 0.4) is 0 Å². The van der Waals surface area contributed by atoms with E-state index in [1.165, 1.54) is 0 Å². The number of hydrogen-bond acceptors (Lipinski definition) is 2. The van der Waals surface area contributed by atoms with Crippen LogP contribution in [0, 0.1) is 0 Å². The van der Waals surface area contributed by atoms with Crippen molar-refractivity contribution in [3.05, 3.63) is 11.6 Å².